The van der Waals surface area contributed by atoms with Crippen molar-refractivity contribution < 1.29 is 22.7 Å². The van der Waals surface area contributed by atoms with Crippen LogP contribution in [-0.4, -0.2) is 65.0 Å². The van der Waals surface area contributed by atoms with E-state index in [1.54, 1.807) is 24.1 Å². The Morgan fingerprint density at radius 3 is 2.63 bits per heavy atom. The van der Waals surface area contributed by atoms with Crippen molar-refractivity contribution in [3.8, 4) is 0 Å². The second-order valence-corrected chi connectivity index (χ2v) is 8.23. The highest BCUT2D eigenvalue weighted by Gasteiger charge is 2.23. The van der Waals surface area contributed by atoms with Gasteiger partial charge < -0.3 is 14.5 Å². The van der Waals surface area contributed by atoms with Crippen molar-refractivity contribution in [1.82, 2.24) is 9.62 Å². The Morgan fingerprint density at radius 2 is 2.00 bits per heavy atom. The average molecular weight is 397 g/mol. The Labute approximate surface area is 160 Å². The molecule has 0 spiro atoms. The van der Waals surface area contributed by atoms with E-state index in [2.05, 4.69) is 4.72 Å². The van der Waals surface area contributed by atoms with Gasteiger partial charge in [-0.05, 0) is 36.6 Å². The van der Waals surface area contributed by atoms with Gasteiger partial charge in [0.05, 0.1) is 11.5 Å². The van der Waals surface area contributed by atoms with Crippen LogP contribution >= 0.6 is 0 Å². The Balaban J connectivity index is 2.06. The number of carbonyl (C=O) groups excluding carboxylic acids is 2. The highest BCUT2D eigenvalue weighted by molar-refractivity contribution is 7.89. The smallest absolute Gasteiger partial charge is 0.240 e. The molecule has 2 amide bonds. The van der Waals surface area contributed by atoms with Gasteiger partial charge in [-0.2, -0.15) is 0 Å². The number of hydrogen-bond acceptors (Lipinski definition) is 5. The molecule has 1 N–H and O–H groups in total. The van der Waals surface area contributed by atoms with Crippen molar-refractivity contribution in [3.63, 3.8) is 0 Å². The molecule has 0 fully saturated rings. The lowest BCUT2D eigenvalue weighted by Crippen LogP contribution is -2.39. The van der Waals surface area contributed by atoms with Gasteiger partial charge in [-0.1, -0.05) is 0 Å². The second kappa shape index (κ2) is 9.29. The molecule has 0 atom stereocenters. The van der Waals surface area contributed by atoms with Crippen molar-refractivity contribution in [2.45, 2.75) is 31.6 Å². The van der Waals surface area contributed by atoms with E-state index in [1.165, 1.54) is 24.8 Å². The van der Waals surface area contributed by atoms with Crippen LogP contribution < -0.4 is 9.62 Å². The molecular weight excluding hydrogens is 370 g/mol. The van der Waals surface area contributed by atoms with Gasteiger partial charge in [0.15, 0.2) is 0 Å². The number of nitrogens with one attached hydrogen (secondary N) is 1. The van der Waals surface area contributed by atoms with E-state index in [4.69, 9.17) is 4.74 Å². The first kappa shape index (κ1) is 21.3. The highest BCUT2D eigenvalue weighted by Crippen LogP contribution is 2.29. The highest BCUT2D eigenvalue weighted by atomic mass is 32.2. The number of nitrogens with zero attached hydrogens (tertiary/aromatic N) is 2. The number of amides is 2. The summed E-state index contributed by atoms with van der Waals surface area (Å²) in [5.41, 5.74) is 1.62. The molecule has 9 heteroatoms. The van der Waals surface area contributed by atoms with Crippen LogP contribution in [0.25, 0.3) is 0 Å². The van der Waals surface area contributed by atoms with Crippen LogP contribution in [0.4, 0.5) is 5.69 Å². The van der Waals surface area contributed by atoms with E-state index in [0.717, 1.165) is 24.1 Å². The number of benzene rings is 1. The number of ether oxygens (including phenoxy) is 1. The molecule has 1 aromatic rings. The quantitative estimate of drug-likeness (QED) is 0.699. The third-order valence-corrected chi connectivity index (χ3v) is 6.00. The molecule has 0 saturated heterocycles. The fourth-order valence-electron chi connectivity index (χ4n) is 3.09. The molecule has 0 aliphatic carbocycles. The predicted octanol–water partition coefficient (Wildman–Crippen LogP) is 0.759. The van der Waals surface area contributed by atoms with E-state index >= 15 is 0 Å². The second-order valence-electron chi connectivity index (χ2n) is 6.46. The molecule has 1 aliphatic rings. The van der Waals surface area contributed by atoms with Crippen LogP contribution in [0.3, 0.4) is 0 Å². The molecule has 0 radical (unpaired) electrons. The summed E-state index contributed by atoms with van der Waals surface area (Å²) in [4.78, 5) is 26.7. The zero-order chi connectivity index (χ0) is 20.0. The number of carbonyl (C=O) groups is 2. The van der Waals surface area contributed by atoms with Crippen LogP contribution in [-0.2, 0) is 30.8 Å². The summed E-state index contributed by atoms with van der Waals surface area (Å²) in [6.45, 7) is 4.77. The fourth-order valence-corrected chi connectivity index (χ4v) is 4.17. The summed E-state index contributed by atoms with van der Waals surface area (Å²) < 4.78 is 32.6. The fraction of sp³-hybridized carbons (Fsp3) is 0.556. The lowest BCUT2D eigenvalue weighted by Gasteiger charge is -2.29. The maximum absolute atomic E-state index is 12.6. The minimum atomic E-state index is -3.70. The number of rotatable bonds is 8. The van der Waals surface area contributed by atoms with Crippen molar-refractivity contribution >= 4 is 27.5 Å². The molecule has 1 aromatic carbocycles. The topological polar surface area (TPSA) is 96.0 Å². The third kappa shape index (κ3) is 5.50. The monoisotopic (exact) mass is 397 g/mol. The van der Waals surface area contributed by atoms with Gasteiger partial charge in [0.1, 0.15) is 0 Å². The van der Waals surface area contributed by atoms with Crippen LogP contribution in [0.1, 0.15) is 25.8 Å². The number of fused-ring (bicyclic) bond motifs is 1. The predicted molar refractivity (Wildman–Crippen MR) is 102 cm³/mol. The molecular formula is C18H27N3O5S. The molecule has 2 rings (SSSR count). The Hall–Kier alpha value is -1.97. The lowest BCUT2D eigenvalue weighted by atomic mass is 10.0. The van der Waals surface area contributed by atoms with E-state index in [0.29, 0.717) is 19.7 Å². The number of anilines is 1. The van der Waals surface area contributed by atoms with E-state index in [9.17, 15) is 18.0 Å². The van der Waals surface area contributed by atoms with Gasteiger partial charge in [0, 0.05) is 52.8 Å². The standard InChI is InChI=1S/C18H27N3O5S/c1-14(22)20(11-12-26-3)10-8-19-27(24,25)17-6-7-18-16(13-17)5-4-9-21(18)15(2)23/h6-7,13,19H,4-5,8-12H2,1-3H3. The van der Waals surface area contributed by atoms with Gasteiger partial charge in [-0.15, -0.1) is 0 Å². The van der Waals surface area contributed by atoms with Crippen LogP contribution in [0.5, 0.6) is 0 Å². The number of methoxy groups -OCH3 is 1. The Kier molecular flexibility index (Phi) is 7.34. The summed E-state index contributed by atoms with van der Waals surface area (Å²) in [7, 11) is -2.15. The Bertz CT molecular complexity index is 794. The molecule has 1 heterocycles. The minimum absolute atomic E-state index is 0.0509. The van der Waals surface area contributed by atoms with Crippen molar-refractivity contribution in [2.75, 3.05) is 44.8 Å². The molecule has 0 unspecified atom stereocenters. The van der Waals surface area contributed by atoms with Crippen molar-refractivity contribution in [3.05, 3.63) is 23.8 Å². The molecule has 0 bridgehead atoms. The maximum Gasteiger partial charge on any atom is 0.240 e. The first-order valence-electron chi connectivity index (χ1n) is 8.91. The minimum Gasteiger partial charge on any atom is -0.383 e. The molecule has 27 heavy (non-hydrogen) atoms. The number of hydrogen-bond donors (Lipinski definition) is 1. The average Bonchev–Trinajstić information content (AvgIpc) is 2.63. The molecule has 0 aromatic heterocycles. The molecule has 0 saturated carbocycles. The molecule has 8 nitrogen and oxygen atoms in total. The van der Waals surface area contributed by atoms with Gasteiger partial charge in [0.25, 0.3) is 0 Å². The van der Waals surface area contributed by atoms with Crippen LogP contribution in [0.15, 0.2) is 23.1 Å². The normalized spacial score (nSPS) is 14.0. The summed E-state index contributed by atoms with van der Waals surface area (Å²) in [5.74, 6) is -0.186. The van der Waals surface area contributed by atoms with Gasteiger partial charge in [0.2, 0.25) is 21.8 Å². The largest absolute Gasteiger partial charge is 0.383 e. The third-order valence-electron chi connectivity index (χ3n) is 4.54. The first-order valence-corrected chi connectivity index (χ1v) is 10.4. The van der Waals surface area contributed by atoms with Crippen molar-refractivity contribution in [1.29, 1.82) is 0 Å². The van der Waals surface area contributed by atoms with E-state index in [-0.39, 0.29) is 29.8 Å². The van der Waals surface area contributed by atoms with Gasteiger partial charge in [-0.25, -0.2) is 13.1 Å². The van der Waals surface area contributed by atoms with Gasteiger partial charge >= 0.3 is 0 Å². The Morgan fingerprint density at radius 1 is 1.26 bits per heavy atom. The number of sulfonamides is 1. The first-order chi connectivity index (χ1) is 12.8. The summed E-state index contributed by atoms with van der Waals surface area (Å²) >= 11 is 0. The van der Waals surface area contributed by atoms with Crippen LogP contribution in [0, 0.1) is 0 Å². The maximum atomic E-state index is 12.6. The van der Waals surface area contributed by atoms with E-state index < -0.39 is 10.0 Å². The van der Waals surface area contributed by atoms with Gasteiger partial charge in [-0.3, -0.25) is 9.59 Å². The number of aryl methyl sites for hydroxylation is 1. The lowest BCUT2D eigenvalue weighted by molar-refractivity contribution is -0.129. The van der Waals surface area contributed by atoms with Crippen LogP contribution in [0.2, 0.25) is 0 Å². The molecule has 150 valence electrons. The zero-order valence-electron chi connectivity index (χ0n) is 16.0. The summed E-state index contributed by atoms with van der Waals surface area (Å²) in [6.07, 6.45) is 1.54. The van der Waals surface area contributed by atoms with E-state index in [1.807, 2.05) is 0 Å². The van der Waals surface area contributed by atoms with Crippen molar-refractivity contribution in [2.24, 2.45) is 0 Å². The zero-order valence-corrected chi connectivity index (χ0v) is 16.8. The summed E-state index contributed by atoms with van der Waals surface area (Å²) in [6, 6.07) is 4.82. The molecule has 1 aliphatic heterocycles. The summed E-state index contributed by atoms with van der Waals surface area (Å²) in [5, 5.41) is 0. The SMILES string of the molecule is COCCN(CCNS(=O)(=O)c1ccc2c(c1)CCCN2C(C)=O)C(C)=O.